The summed E-state index contributed by atoms with van der Waals surface area (Å²) in [5.41, 5.74) is 0. The van der Waals surface area contributed by atoms with Crippen molar-refractivity contribution in [2.75, 3.05) is 13.1 Å². The summed E-state index contributed by atoms with van der Waals surface area (Å²) in [6.45, 7) is -3.68. The lowest BCUT2D eigenvalue weighted by molar-refractivity contribution is 0.375. The molecule has 2 rings (SSSR count). The third-order valence-corrected chi connectivity index (χ3v) is 3.05. The predicted octanol–water partition coefficient (Wildman–Crippen LogP) is 1.59. The Kier molecular flexibility index (Phi) is 1.32. The topological polar surface area (TPSA) is 12.0 Å². The monoisotopic (exact) mass is 164 g/mol. The number of hydrogen-bond donors (Lipinski definition) is 1. The van der Waals surface area contributed by atoms with Crippen molar-refractivity contribution in [1.82, 2.24) is 5.32 Å². The Morgan fingerprint density at radius 2 is 2.09 bits per heavy atom. The second-order valence-electron chi connectivity index (χ2n) is 3.67. The molecule has 64 valence electrons. The van der Waals surface area contributed by atoms with Gasteiger partial charge in [-0.05, 0) is 24.8 Å². The molecule has 0 amide bonds. The van der Waals surface area contributed by atoms with Crippen LogP contribution < -0.4 is 5.32 Å². The van der Waals surface area contributed by atoms with Crippen LogP contribution in [-0.4, -0.2) is 20.1 Å². The van der Waals surface area contributed by atoms with Crippen molar-refractivity contribution in [2.24, 2.45) is 5.92 Å². The van der Waals surface area contributed by atoms with E-state index in [9.17, 15) is 12.9 Å². The number of piperidine rings is 1. The third kappa shape index (κ3) is 0.899. The van der Waals surface area contributed by atoms with Gasteiger partial charge in [0.15, 0.2) is 0 Å². The summed E-state index contributed by atoms with van der Waals surface area (Å²) < 4.78 is 37.2. The minimum Gasteiger partial charge on any atom is -0.448 e. The van der Waals surface area contributed by atoms with Crippen molar-refractivity contribution in [1.29, 1.82) is 0 Å². The molecule has 5 heteroatoms. The van der Waals surface area contributed by atoms with E-state index in [0.29, 0.717) is 12.8 Å². The van der Waals surface area contributed by atoms with Gasteiger partial charge in [-0.25, -0.2) is 0 Å². The zero-order valence-corrected chi connectivity index (χ0v) is 6.12. The molecule has 1 nitrogen and oxygen atoms in total. The van der Waals surface area contributed by atoms with Gasteiger partial charge in [-0.2, -0.15) is 0 Å². The first kappa shape index (κ1) is 7.46. The van der Waals surface area contributed by atoms with Crippen LogP contribution >= 0.6 is 0 Å². The van der Waals surface area contributed by atoms with Crippen LogP contribution in [0.1, 0.15) is 12.8 Å². The molecule has 0 spiro atoms. The highest BCUT2D eigenvalue weighted by Gasteiger charge is 2.65. The first-order valence-corrected chi connectivity index (χ1v) is 3.96. The Bertz CT molecular complexity index is 181. The van der Waals surface area contributed by atoms with Gasteiger partial charge in [0.25, 0.3) is 0 Å². The zero-order valence-electron chi connectivity index (χ0n) is 6.12. The van der Waals surface area contributed by atoms with Gasteiger partial charge in [0.2, 0.25) is 0 Å². The summed E-state index contributed by atoms with van der Waals surface area (Å²) in [4.78, 5) is 0. The van der Waals surface area contributed by atoms with Crippen LogP contribution in [0.2, 0.25) is 5.31 Å². The largest absolute Gasteiger partial charge is 0.485 e. The van der Waals surface area contributed by atoms with Crippen molar-refractivity contribution >= 4 is 6.98 Å². The first-order chi connectivity index (χ1) is 5.06. The van der Waals surface area contributed by atoms with Crippen LogP contribution in [-0.2, 0) is 0 Å². The molecular formula is C6H10BF3N-. The van der Waals surface area contributed by atoms with Gasteiger partial charge >= 0.3 is 6.98 Å². The normalized spacial score (nSPS) is 43.4. The Balaban J connectivity index is 2.13. The maximum Gasteiger partial charge on any atom is 0.485 e. The lowest BCUT2D eigenvalue weighted by Crippen LogP contribution is -2.39. The Morgan fingerprint density at radius 1 is 1.36 bits per heavy atom. The molecule has 2 unspecified atom stereocenters. The van der Waals surface area contributed by atoms with Gasteiger partial charge in [-0.3, -0.25) is 0 Å². The van der Waals surface area contributed by atoms with Gasteiger partial charge in [0, 0.05) is 0 Å². The number of hydrogen-bond acceptors (Lipinski definition) is 1. The molecule has 0 radical (unpaired) electrons. The molecule has 11 heavy (non-hydrogen) atoms. The summed E-state index contributed by atoms with van der Waals surface area (Å²) in [7, 11) is 0. The minimum absolute atomic E-state index is 0.0521. The van der Waals surface area contributed by atoms with E-state index >= 15 is 0 Å². The van der Waals surface area contributed by atoms with Crippen molar-refractivity contribution in [2.45, 2.75) is 18.2 Å². The summed E-state index contributed by atoms with van der Waals surface area (Å²) in [5, 5.41) is 1.55. The van der Waals surface area contributed by atoms with Crippen LogP contribution in [0.3, 0.4) is 0 Å². The van der Waals surface area contributed by atoms with Crippen molar-refractivity contribution < 1.29 is 12.9 Å². The predicted molar refractivity (Wildman–Crippen MR) is 37.4 cm³/mol. The Morgan fingerprint density at radius 3 is 2.55 bits per heavy atom. The van der Waals surface area contributed by atoms with E-state index in [4.69, 9.17) is 0 Å². The van der Waals surface area contributed by atoms with E-state index in [-0.39, 0.29) is 12.5 Å². The van der Waals surface area contributed by atoms with E-state index in [2.05, 4.69) is 5.32 Å². The molecule has 1 saturated heterocycles. The number of fused-ring (bicyclic) bond motifs is 1. The molecule has 1 N–H and O–H groups in total. The van der Waals surface area contributed by atoms with Gasteiger partial charge in [0.1, 0.15) is 0 Å². The highest BCUT2D eigenvalue weighted by atomic mass is 19.4. The van der Waals surface area contributed by atoms with Crippen LogP contribution in [0.15, 0.2) is 0 Å². The summed E-state index contributed by atoms with van der Waals surface area (Å²) in [5.74, 6) is -0.0521. The average Bonchev–Trinajstić information content (AvgIpc) is 2.59. The third-order valence-electron chi connectivity index (χ3n) is 3.05. The van der Waals surface area contributed by atoms with Crippen molar-refractivity contribution in [3.63, 3.8) is 0 Å². The van der Waals surface area contributed by atoms with Gasteiger partial charge in [0.05, 0.1) is 0 Å². The standard InChI is InChI=1S/C6H10BF3N/c8-7(9,10)6-3-5(6)1-2-11-4-6/h5,11H,1-4H2/q-1. The Hall–Kier alpha value is -0.185. The fourth-order valence-electron chi connectivity index (χ4n) is 2.12. The van der Waals surface area contributed by atoms with E-state index in [0.717, 1.165) is 6.54 Å². The van der Waals surface area contributed by atoms with Crippen molar-refractivity contribution in [3.8, 4) is 0 Å². The molecule has 0 bridgehead atoms. The van der Waals surface area contributed by atoms with Crippen LogP contribution in [0.5, 0.6) is 0 Å². The molecule has 1 aliphatic heterocycles. The molecule has 2 aliphatic rings. The molecular weight excluding hydrogens is 154 g/mol. The van der Waals surface area contributed by atoms with Gasteiger partial charge < -0.3 is 18.3 Å². The molecule has 1 saturated carbocycles. The number of nitrogens with one attached hydrogen (secondary N) is 1. The van der Waals surface area contributed by atoms with Crippen molar-refractivity contribution in [3.05, 3.63) is 0 Å². The summed E-state index contributed by atoms with van der Waals surface area (Å²) in [6, 6.07) is 0. The maximum atomic E-state index is 12.4. The smallest absolute Gasteiger partial charge is 0.448 e. The summed E-state index contributed by atoms with van der Waals surface area (Å²) in [6.07, 6.45) is 1.09. The molecule has 2 atom stereocenters. The second kappa shape index (κ2) is 1.94. The molecule has 2 fully saturated rings. The molecule has 1 heterocycles. The molecule has 0 aromatic carbocycles. The number of rotatable bonds is 1. The number of halogens is 3. The van der Waals surface area contributed by atoms with Gasteiger partial charge in [-0.15, -0.1) is 0 Å². The molecule has 1 aliphatic carbocycles. The van der Waals surface area contributed by atoms with Crippen LogP contribution in [0.25, 0.3) is 0 Å². The highest BCUT2D eigenvalue weighted by molar-refractivity contribution is 6.63. The zero-order chi connectivity index (χ0) is 8.11. The van der Waals surface area contributed by atoms with Gasteiger partial charge in [-0.1, -0.05) is 12.3 Å². The first-order valence-electron chi connectivity index (χ1n) is 3.96. The lowest BCUT2D eigenvalue weighted by Gasteiger charge is -2.31. The fourth-order valence-corrected chi connectivity index (χ4v) is 2.12. The highest BCUT2D eigenvalue weighted by Crippen LogP contribution is 2.68. The average molecular weight is 164 g/mol. The molecule has 0 aromatic rings. The fraction of sp³-hybridized carbons (Fsp3) is 1.00. The lowest BCUT2D eigenvalue weighted by atomic mass is 9.66. The van der Waals surface area contributed by atoms with Crippen LogP contribution in [0, 0.1) is 5.92 Å². The van der Waals surface area contributed by atoms with E-state index in [1.54, 1.807) is 0 Å². The SMILES string of the molecule is F[B-](F)(F)C12CNCCC1C2. The molecule has 0 aromatic heterocycles. The summed E-state index contributed by atoms with van der Waals surface area (Å²) >= 11 is 0. The van der Waals surface area contributed by atoms with E-state index in [1.807, 2.05) is 0 Å². The van der Waals surface area contributed by atoms with E-state index in [1.165, 1.54) is 0 Å². The Labute approximate surface area is 63.4 Å². The maximum absolute atomic E-state index is 12.4. The van der Waals surface area contributed by atoms with E-state index < -0.39 is 12.3 Å². The van der Waals surface area contributed by atoms with Crippen LogP contribution in [0.4, 0.5) is 12.9 Å². The quantitative estimate of drug-likeness (QED) is 0.580. The minimum atomic E-state index is -4.61. The second-order valence-corrected chi connectivity index (χ2v) is 3.67.